The number of ether oxygens (including phenoxy) is 2. The van der Waals surface area contributed by atoms with Gasteiger partial charge in [-0.2, -0.15) is 5.10 Å². The van der Waals surface area contributed by atoms with Gasteiger partial charge in [0.2, 0.25) is 6.79 Å². The molecule has 0 radical (unpaired) electrons. The first-order chi connectivity index (χ1) is 9.76. The predicted molar refractivity (Wildman–Crippen MR) is 71.7 cm³/mol. The van der Waals surface area contributed by atoms with Crippen molar-refractivity contribution >= 4 is 5.91 Å². The Kier molecular flexibility index (Phi) is 3.28. The molecule has 3 rings (SSSR count). The van der Waals surface area contributed by atoms with E-state index < -0.39 is 0 Å². The summed E-state index contributed by atoms with van der Waals surface area (Å²) in [5.74, 6) is 1.25. The van der Waals surface area contributed by atoms with Crippen molar-refractivity contribution in [1.29, 1.82) is 0 Å². The number of hydrogen-bond acceptors (Lipinski definition) is 4. The molecule has 0 aliphatic carbocycles. The molecule has 0 unspecified atom stereocenters. The van der Waals surface area contributed by atoms with Gasteiger partial charge in [-0.1, -0.05) is 13.0 Å². The molecule has 2 N–H and O–H groups in total. The first-order valence-electron chi connectivity index (χ1n) is 6.47. The fourth-order valence-corrected chi connectivity index (χ4v) is 1.98. The van der Waals surface area contributed by atoms with E-state index in [-0.39, 0.29) is 12.7 Å². The first-order valence-corrected chi connectivity index (χ1v) is 6.47. The maximum absolute atomic E-state index is 11.9. The van der Waals surface area contributed by atoms with Gasteiger partial charge in [0.25, 0.3) is 5.91 Å². The van der Waals surface area contributed by atoms with Crippen LogP contribution in [0.2, 0.25) is 0 Å². The van der Waals surface area contributed by atoms with Crippen LogP contribution in [0.4, 0.5) is 0 Å². The number of nitrogens with zero attached hydrogens (tertiary/aromatic N) is 1. The molecule has 0 saturated carbocycles. The lowest BCUT2D eigenvalue weighted by molar-refractivity contribution is 0.0946. The van der Waals surface area contributed by atoms with Crippen molar-refractivity contribution in [3.8, 4) is 11.5 Å². The third-order valence-corrected chi connectivity index (χ3v) is 3.13. The number of nitrogens with one attached hydrogen (secondary N) is 2. The Labute approximate surface area is 116 Å². The Bertz CT molecular complexity index is 636. The number of aryl methyl sites for hydroxylation is 1. The zero-order valence-electron chi connectivity index (χ0n) is 11.1. The van der Waals surface area contributed by atoms with Crippen LogP contribution in [-0.2, 0) is 13.0 Å². The fourth-order valence-electron chi connectivity index (χ4n) is 1.98. The number of fused-ring (bicyclic) bond motifs is 1. The molecule has 1 aliphatic heterocycles. The molecular formula is C14H15N3O3. The van der Waals surface area contributed by atoms with Crippen LogP contribution >= 0.6 is 0 Å². The zero-order valence-corrected chi connectivity index (χ0v) is 11.1. The van der Waals surface area contributed by atoms with Crippen LogP contribution in [0.25, 0.3) is 0 Å². The summed E-state index contributed by atoms with van der Waals surface area (Å²) in [5.41, 5.74) is 2.30. The molecular weight excluding hydrogens is 258 g/mol. The predicted octanol–water partition coefficient (Wildman–Crippen LogP) is 1.63. The van der Waals surface area contributed by atoms with Gasteiger partial charge in [-0.15, -0.1) is 0 Å². The molecule has 104 valence electrons. The minimum Gasteiger partial charge on any atom is -0.454 e. The van der Waals surface area contributed by atoms with Gasteiger partial charge in [-0.05, 0) is 30.2 Å². The Morgan fingerprint density at radius 3 is 3.00 bits per heavy atom. The van der Waals surface area contributed by atoms with E-state index in [0.29, 0.717) is 18.0 Å². The smallest absolute Gasteiger partial charge is 0.272 e. The molecule has 20 heavy (non-hydrogen) atoms. The van der Waals surface area contributed by atoms with Crippen LogP contribution in [0.5, 0.6) is 11.5 Å². The molecule has 0 spiro atoms. The Morgan fingerprint density at radius 1 is 1.35 bits per heavy atom. The molecule has 0 atom stereocenters. The second-order valence-electron chi connectivity index (χ2n) is 4.50. The van der Waals surface area contributed by atoms with Crippen molar-refractivity contribution < 1.29 is 14.3 Å². The lowest BCUT2D eigenvalue weighted by Crippen LogP contribution is -2.23. The third kappa shape index (κ3) is 2.45. The normalized spacial score (nSPS) is 12.4. The molecule has 1 amide bonds. The van der Waals surface area contributed by atoms with E-state index in [0.717, 1.165) is 23.4 Å². The van der Waals surface area contributed by atoms with Crippen LogP contribution in [0.1, 0.15) is 28.7 Å². The van der Waals surface area contributed by atoms with E-state index in [1.807, 2.05) is 25.1 Å². The molecule has 6 heteroatoms. The molecule has 0 bridgehead atoms. The summed E-state index contributed by atoms with van der Waals surface area (Å²) in [6.45, 7) is 2.67. The number of benzene rings is 1. The topological polar surface area (TPSA) is 76.2 Å². The molecule has 1 aromatic heterocycles. The highest BCUT2D eigenvalue weighted by molar-refractivity contribution is 5.92. The Balaban J connectivity index is 1.63. The lowest BCUT2D eigenvalue weighted by atomic mass is 10.2. The SMILES string of the molecule is CCc1cc(C(=O)NCc2ccc3c(c2)OCO3)n[nH]1. The molecule has 1 aromatic carbocycles. The summed E-state index contributed by atoms with van der Waals surface area (Å²) in [5, 5.41) is 9.62. The van der Waals surface area contributed by atoms with E-state index in [1.54, 1.807) is 6.07 Å². The van der Waals surface area contributed by atoms with Gasteiger partial charge in [0.05, 0.1) is 0 Å². The summed E-state index contributed by atoms with van der Waals surface area (Å²) in [4.78, 5) is 11.9. The first kappa shape index (κ1) is 12.5. The number of hydrogen-bond donors (Lipinski definition) is 2. The number of carbonyl (C=O) groups excluding carboxylic acids is 1. The van der Waals surface area contributed by atoms with Crippen molar-refractivity contribution in [2.45, 2.75) is 19.9 Å². The zero-order chi connectivity index (χ0) is 13.9. The molecule has 1 aliphatic rings. The maximum atomic E-state index is 11.9. The number of aromatic nitrogens is 2. The largest absolute Gasteiger partial charge is 0.454 e. The Morgan fingerprint density at radius 2 is 2.20 bits per heavy atom. The van der Waals surface area contributed by atoms with Crippen LogP contribution in [-0.4, -0.2) is 22.9 Å². The minimum absolute atomic E-state index is 0.196. The second-order valence-corrected chi connectivity index (χ2v) is 4.50. The summed E-state index contributed by atoms with van der Waals surface area (Å²) in [7, 11) is 0. The van der Waals surface area contributed by atoms with Crippen LogP contribution < -0.4 is 14.8 Å². The monoisotopic (exact) mass is 273 g/mol. The van der Waals surface area contributed by atoms with E-state index in [2.05, 4.69) is 15.5 Å². The molecule has 6 nitrogen and oxygen atoms in total. The molecule has 2 aromatic rings. The van der Waals surface area contributed by atoms with E-state index in [9.17, 15) is 4.79 Å². The van der Waals surface area contributed by atoms with Gasteiger partial charge in [0.1, 0.15) is 5.69 Å². The number of rotatable bonds is 4. The third-order valence-electron chi connectivity index (χ3n) is 3.13. The highest BCUT2D eigenvalue weighted by Gasteiger charge is 2.14. The van der Waals surface area contributed by atoms with Crippen molar-refractivity contribution in [3.05, 3.63) is 41.2 Å². The van der Waals surface area contributed by atoms with Crippen molar-refractivity contribution in [2.24, 2.45) is 0 Å². The average Bonchev–Trinajstić information content (AvgIpc) is 3.12. The highest BCUT2D eigenvalue weighted by Crippen LogP contribution is 2.32. The maximum Gasteiger partial charge on any atom is 0.272 e. The molecule has 2 heterocycles. The fraction of sp³-hybridized carbons (Fsp3) is 0.286. The van der Waals surface area contributed by atoms with E-state index in [4.69, 9.17) is 9.47 Å². The van der Waals surface area contributed by atoms with Crippen molar-refractivity contribution in [2.75, 3.05) is 6.79 Å². The van der Waals surface area contributed by atoms with Crippen LogP contribution in [0.15, 0.2) is 24.3 Å². The lowest BCUT2D eigenvalue weighted by Gasteiger charge is -2.04. The van der Waals surface area contributed by atoms with Crippen molar-refractivity contribution in [1.82, 2.24) is 15.5 Å². The van der Waals surface area contributed by atoms with E-state index >= 15 is 0 Å². The van der Waals surface area contributed by atoms with Gasteiger partial charge >= 0.3 is 0 Å². The second kappa shape index (κ2) is 5.24. The average molecular weight is 273 g/mol. The summed E-state index contributed by atoms with van der Waals surface area (Å²) in [6, 6.07) is 7.36. The van der Waals surface area contributed by atoms with Gasteiger partial charge in [0, 0.05) is 12.2 Å². The summed E-state index contributed by atoms with van der Waals surface area (Å²) < 4.78 is 10.5. The van der Waals surface area contributed by atoms with E-state index in [1.165, 1.54) is 0 Å². The van der Waals surface area contributed by atoms with Crippen LogP contribution in [0.3, 0.4) is 0 Å². The number of aromatic amines is 1. The van der Waals surface area contributed by atoms with Crippen LogP contribution in [0, 0.1) is 0 Å². The van der Waals surface area contributed by atoms with Crippen molar-refractivity contribution in [3.63, 3.8) is 0 Å². The van der Waals surface area contributed by atoms with Gasteiger partial charge in [0.15, 0.2) is 11.5 Å². The number of H-pyrrole nitrogens is 1. The highest BCUT2D eigenvalue weighted by atomic mass is 16.7. The summed E-state index contributed by atoms with van der Waals surface area (Å²) in [6.07, 6.45) is 0.822. The summed E-state index contributed by atoms with van der Waals surface area (Å²) >= 11 is 0. The van der Waals surface area contributed by atoms with Gasteiger partial charge < -0.3 is 14.8 Å². The molecule has 0 fully saturated rings. The molecule has 0 saturated heterocycles. The standard InChI is InChI=1S/C14H15N3O3/c1-2-10-6-11(17-16-10)14(18)15-7-9-3-4-12-13(5-9)20-8-19-12/h3-6H,2,7-8H2,1H3,(H,15,18)(H,16,17). The number of amides is 1. The van der Waals surface area contributed by atoms with Gasteiger partial charge in [-0.3, -0.25) is 9.89 Å². The number of carbonyl (C=O) groups is 1. The quantitative estimate of drug-likeness (QED) is 0.887. The van der Waals surface area contributed by atoms with Gasteiger partial charge in [-0.25, -0.2) is 0 Å². The minimum atomic E-state index is -0.196. The Hall–Kier alpha value is -2.50.